The van der Waals surface area contributed by atoms with Crippen LogP contribution < -0.4 is 10.3 Å². The third kappa shape index (κ3) is 9.27. The van der Waals surface area contributed by atoms with Crippen molar-refractivity contribution >= 4 is 31.6 Å². The molecule has 8 heteroatoms. The summed E-state index contributed by atoms with van der Waals surface area (Å²) in [6, 6.07) is 7.08. The van der Waals surface area contributed by atoms with E-state index in [2.05, 4.69) is 55.5 Å². The number of nitrogens with zero attached hydrogens (tertiary/aromatic N) is 3. The number of hydrogen-bond donors (Lipinski definition) is 4. The molecule has 0 saturated carbocycles. The second kappa shape index (κ2) is 11.5. The number of hydrogen-bond acceptors (Lipinski definition) is 7. The van der Waals surface area contributed by atoms with E-state index < -0.39 is 7.12 Å². The lowest BCUT2D eigenvalue weighted by molar-refractivity contribution is 0.171. The Hall–Kier alpha value is -1.06. The Kier molecular flexibility index (Phi) is 10.1. The summed E-state index contributed by atoms with van der Waals surface area (Å²) in [7, 11) is -1.47. The minimum Gasteiger partial charge on any atom is -0.423 e. The SMILES string of the molecule is CC(C)CN(CCN(CC(C)C)NS)/N=C/c1cccc(B(O)O)c1. The minimum absolute atomic E-state index is 0.460. The molecule has 0 radical (unpaired) electrons. The molecule has 0 aliphatic heterocycles. The van der Waals surface area contributed by atoms with E-state index in [9.17, 15) is 10.0 Å². The molecule has 0 atom stereocenters. The molecule has 0 unspecified atom stereocenters. The number of nitrogens with one attached hydrogen (secondary N) is 1. The lowest BCUT2D eigenvalue weighted by atomic mass is 9.80. The molecule has 3 N–H and O–H groups in total. The van der Waals surface area contributed by atoms with Gasteiger partial charge in [-0.2, -0.15) is 5.10 Å². The van der Waals surface area contributed by atoms with Crippen molar-refractivity contribution in [2.45, 2.75) is 27.7 Å². The van der Waals surface area contributed by atoms with Crippen LogP contribution in [0, 0.1) is 11.8 Å². The molecule has 1 aromatic rings. The van der Waals surface area contributed by atoms with Crippen molar-refractivity contribution in [2.24, 2.45) is 16.9 Å². The second-order valence-electron chi connectivity index (χ2n) is 7.03. The maximum Gasteiger partial charge on any atom is 0.488 e. The topological polar surface area (TPSA) is 71.3 Å². The zero-order valence-electron chi connectivity index (χ0n) is 15.6. The van der Waals surface area contributed by atoms with Gasteiger partial charge in [-0.15, -0.1) is 0 Å². The molecule has 25 heavy (non-hydrogen) atoms. The molecule has 0 spiro atoms. The van der Waals surface area contributed by atoms with Crippen molar-refractivity contribution in [3.63, 3.8) is 0 Å². The van der Waals surface area contributed by atoms with Crippen LogP contribution in [0.2, 0.25) is 0 Å². The molecule has 1 aromatic carbocycles. The van der Waals surface area contributed by atoms with Gasteiger partial charge in [0.1, 0.15) is 0 Å². The summed E-state index contributed by atoms with van der Waals surface area (Å²) >= 11 is 4.17. The van der Waals surface area contributed by atoms with Gasteiger partial charge in [-0.1, -0.05) is 64.8 Å². The first-order chi connectivity index (χ1) is 11.8. The van der Waals surface area contributed by atoms with E-state index in [0.29, 0.717) is 17.3 Å². The lowest BCUT2D eigenvalue weighted by Crippen LogP contribution is -2.40. The van der Waals surface area contributed by atoms with E-state index in [1.54, 1.807) is 24.4 Å². The largest absolute Gasteiger partial charge is 0.488 e. The maximum absolute atomic E-state index is 9.27. The van der Waals surface area contributed by atoms with Crippen LogP contribution >= 0.6 is 12.8 Å². The summed E-state index contributed by atoms with van der Waals surface area (Å²) in [6.45, 7) is 12.0. The Morgan fingerprint density at radius 3 is 2.40 bits per heavy atom. The van der Waals surface area contributed by atoms with E-state index >= 15 is 0 Å². The molecular weight excluding hydrogens is 335 g/mol. The highest BCUT2D eigenvalue weighted by atomic mass is 32.1. The highest BCUT2D eigenvalue weighted by Gasteiger charge is 2.11. The van der Waals surface area contributed by atoms with Gasteiger partial charge in [-0.25, -0.2) is 9.84 Å². The fraction of sp³-hybridized carbons (Fsp3) is 0.588. The lowest BCUT2D eigenvalue weighted by Gasteiger charge is -2.27. The zero-order valence-corrected chi connectivity index (χ0v) is 16.5. The average Bonchev–Trinajstić information content (AvgIpc) is 2.55. The summed E-state index contributed by atoms with van der Waals surface area (Å²) in [6.07, 6.45) is 1.76. The van der Waals surface area contributed by atoms with E-state index in [-0.39, 0.29) is 0 Å². The van der Waals surface area contributed by atoms with Crippen LogP contribution in [0.15, 0.2) is 29.4 Å². The van der Waals surface area contributed by atoms with Crippen LogP contribution in [0.3, 0.4) is 0 Å². The number of hydrazone groups is 1. The quantitative estimate of drug-likeness (QED) is 0.203. The van der Waals surface area contributed by atoms with Crippen LogP contribution in [0.4, 0.5) is 0 Å². The highest BCUT2D eigenvalue weighted by molar-refractivity contribution is 7.78. The van der Waals surface area contributed by atoms with Gasteiger partial charge in [0, 0.05) is 19.6 Å². The highest BCUT2D eigenvalue weighted by Crippen LogP contribution is 2.03. The Balaban J connectivity index is 2.73. The van der Waals surface area contributed by atoms with Gasteiger partial charge in [0.05, 0.1) is 12.8 Å². The van der Waals surface area contributed by atoms with E-state index in [4.69, 9.17) is 0 Å². The van der Waals surface area contributed by atoms with Crippen LogP contribution in [0.25, 0.3) is 0 Å². The van der Waals surface area contributed by atoms with E-state index in [0.717, 1.165) is 31.7 Å². The second-order valence-corrected chi connectivity index (χ2v) is 7.23. The van der Waals surface area contributed by atoms with E-state index in [1.807, 2.05) is 11.1 Å². The molecule has 0 aliphatic carbocycles. The van der Waals surface area contributed by atoms with Gasteiger partial charge < -0.3 is 10.0 Å². The van der Waals surface area contributed by atoms with Crippen molar-refractivity contribution in [1.29, 1.82) is 0 Å². The molecule has 0 aliphatic rings. The van der Waals surface area contributed by atoms with E-state index in [1.165, 1.54) is 0 Å². The normalized spacial score (nSPS) is 11.9. The monoisotopic (exact) mass is 366 g/mol. The summed E-state index contributed by atoms with van der Waals surface area (Å²) in [5.74, 6) is 1.04. The van der Waals surface area contributed by atoms with Gasteiger partial charge in [0.25, 0.3) is 0 Å². The number of thiol groups is 1. The van der Waals surface area contributed by atoms with Crippen molar-refractivity contribution < 1.29 is 10.0 Å². The van der Waals surface area contributed by atoms with Crippen LogP contribution in [-0.4, -0.2) is 59.6 Å². The maximum atomic E-state index is 9.27. The Labute approximate surface area is 157 Å². The van der Waals surface area contributed by atoms with Gasteiger partial charge in [-0.3, -0.25) is 5.01 Å². The summed E-state index contributed by atoms with van der Waals surface area (Å²) in [5.41, 5.74) is 1.30. The Morgan fingerprint density at radius 1 is 1.16 bits per heavy atom. The first kappa shape index (κ1) is 22.0. The predicted octanol–water partition coefficient (Wildman–Crippen LogP) is 0.966. The third-order valence-electron chi connectivity index (χ3n) is 3.51. The molecule has 1 rings (SSSR count). The fourth-order valence-corrected chi connectivity index (χ4v) is 2.61. The first-order valence-electron chi connectivity index (χ1n) is 8.71. The summed E-state index contributed by atoms with van der Waals surface area (Å²) < 4.78 is 0. The number of benzene rings is 1. The molecule has 0 saturated heterocycles. The van der Waals surface area contributed by atoms with Gasteiger partial charge in [0.2, 0.25) is 0 Å². The number of hydrazine groups is 1. The first-order valence-corrected chi connectivity index (χ1v) is 9.16. The molecular formula is C17H31BN4O2S. The minimum atomic E-state index is -1.47. The van der Waals surface area contributed by atoms with Crippen LogP contribution in [-0.2, 0) is 0 Å². The van der Waals surface area contributed by atoms with Crippen LogP contribution in [0.1, 0.15) is 33.3 Å². The molecule has 0 aromatic heterocycles. The van der Waals surface area contributed by atoms with Crippen molar-refractivity contribution in [2.75, 3.05) is 26.2 Å². The van der Waals surface area contributed by atoms with Crippen molar-refractivity contribution in [1.82, 2.24) is 14.8 Å². The molecule has 140 valence electrons. The van der Waals surface area contributed by atoms with Crippen molar-refractivity contribution in [3.05, 3.63) is 29.8 Å². The summed E-state index contributed by atoms with van der Waals surface area (Å²) in [5, 5.41) is 27.2. The van der Waals surface area contributed by atoms with Crippen LogP contribution in [0.5, 0.6) is 0 Å². The Bertz CT molecular complexity index is 529. The third-order valence-corrected chi connectivity index (χ3v) is 3.79. The average molecular weight is 366 g/mol. The van der Waals surface area contributed by atoms with Gasteiger partial charge in [0.15, 0.2) is 0 Å². The van der Waals surface area contributed by atoms with Crippen molar-refractivity contribution in [3.8, 4) is 0 Å². The van der Waals surface area contributed by atoms with Gasteiger partial charge in [-0.05, 0) is 22.9 Å². The molecule has 0 fully saturated rings. The zero-order chi connectivity index (χ0) is 18.8. The van der Waals surface area contributed by atoms with Gasteiger partial charge >= 0.3 is 7.12 Å². The summed E-state index contributed by atoms with van der Waals surface area (Å²) in [4.78, 5) is 2.93. The molecule has 0 heterocycles. The predicted molar refractivity (Wildman–Crippen MR) is 109 cm³/mol. The molecule has 6 nitrogen and oxygen atoms in total. The number of rotatable bonds is 11. The molecule has 0 amide bonds. The standard InChI is InChI=1S/C17H31BN4O2S/c1-14(2)12-21(8-9-22(20-25)13-15(3)4)19-11-16-6-5-7-17(10-16)18(23)24/h5-7,10-11,14-15,20,23-25H,8-9,12-13H2,1-4H3/b19-11+. The fourth-order valence-electron chi connectivity index (χ4n) is 2.42. The Morgan fingerprint density at radius 2 is 1.84 bits per heavy atom. The smallest absolute Gasteiger partial charge is 0.423 e. The molecule has 0 bridgehead atoms.